The SMILES string of the molecule is CC(C)Nc1ccccc1C(=O)N(CC1CC1)CC1CC1. The maximum absolute atomic E-state index is 13.0. The lowest BCUT2D eigenvalue weighted by Gasteiger charge is -2.24. The summed E-state index contributed by atoms with van der Waals surface area (Å²) >= 11 is 0. The molecule has 3 rings (SSSR count). The van der Waals surface area contributed by atoms with E-state index < -0.39 is 0 Å². The predicted molar refractivity (Wildman–Crippen MR) is 86.6 cm³/mol. The van der Waals surface area contributed by atoms with E-state index in [9.17, 15) is 4.79 Å². The van der Waals surface area contributed by atoms with Crippen LogP contribution in [0.25, 0.3) is 0 Å². The van der Waals surface area contributed by atoms with Crippen LogP contribution in [0, 0.1) is 11.8 Å². The van der Waals surface area contributed by atoms with E-state index in [0.717, 1.165) is 36.2 Å². The first-order valence-corrected chi connectivity index (χ1v) is 8.28. The smallest absolute Gasteiger partial charge is 0.255 e. The van der Waals surface area contributed by atoms with Gasteiger partial charge >= 0.3 is 0 Å². The van der Waals surface area contributed by atoms with E-state index in [1.807, 2.05) is 24.3 Å². The summed E-state index contributed by atoms with van der Waals surface area (Å²) in [5.74, 6) is 1.70. The Bertz CT molecular complexity index is 490. The molecule has 2 aliphatic carbocycles. The number of nitrogens with one attached hydrogen (secondary N) is 1. The van der Waals surface area contributed by atoms with Crippen LogP contribution in [0.5, 0.6) is 0 Å². The highest BCUT2D eigenvalue weighted by Gasteiger charge is 2.32. The number of nitrogens with zero attached hydrogens (tertiary/aromatic N) is 1. The lowest BCUT2D eigenvalue weighted by atomic mass is 10.1. The number of rotatable bonds is 7. The molecule has 0 unspecified atom stereocenters. The van der Waals surface area contributed by atoms with Gasteiger partial charge in [-0.2, -0.15) is 0 Å². The highest BCUT2D eigenvalue weighted by Crippen LogP contribution is 2.34. The van der Waals surface area contributed by atoms with Gasteiger partial charge in [0.25, 0.3) is 5.91 Å². The molecule has 3 heteroatoms. The minimum absolute atomic E-state index is 0.206. The second-order valence-corrected chi connectivity index (χ2v) is 6.94. The zero-order valence-electron chi connectivity index (χ0n) is 13.1. The fraction of sp³-hybridized carbons (Fsp3) is 0.611. The summed E-state index contributed by atoms with van der Waals surface area (Å²) in [6.07, 6.45) is 5.17. The Labute approximate surface area is 127 Å². The molecule has 2 aliphatic rings. The average molecular weight is 286 g/mol. The van der Waals surface area contributed by atoms with Crippen LogP contribution in [-0.2, 0) is 0 Å². The first-order valence-electron chi connectivity index (χ1n) is 8.28. The third-order valence-corrected chi connectivity index (χ3v) is 4.24. The van der Waals surface area contributed by atoms with Crippen molar-refractivity contribution in [1.82, 2.24) is 4.90 Å². The summed E-state index contributed by atoms with van der Waals surface area (Å²) in [5.41, 5.74) is 1.79. The van der Waals surface area contributed by atoms with Crippen molar-refractivity contribution in [3.05, 3.63) is 29.8 Å². The summed E-state index contributed by atoms with van der Waals surface area (Å²) in [6, 6.07) is 8.26. The van der Waals surface area contributed by atoms with Gasteiger partial charge in [0.15, 0.2) is 0 Å². The van der Waals surface area contributed by atoms with Crippen molar-refractivity contribution in [1.29, 1.82) is 0 Å². The van der Waals surface area contributed by atoms with E-state index >= 15 is 0 Å². The zero-order valence-corrected chi connectivity index (χ0v) is 13.1. The number of hydrogen-bond donors (Lipinski definition) is 1. The average Bonchev–Trinajstić information content (AvgIpc) is 3.32. The van der Waals surface area contributed by atoms with E-state index in [1.165, 1.54) is 25.7 Å². The number of amides is 1. The van der Waals surface area contributed by atoms with Crippen LogP contribution in [0.2, 0.25) is 0 Å². The molecule has 1 aromatic carbocycles. The maximum atomic E-state index is 13.0. The Hall–Kier alpha value is -1.51. The first-order chi connectivity index (χ1) is 10.1. The summed E-state index contributed by atoms with van der Waals surface area (Å²) in [7, 11) is 0. The van der Waals surface area contributed by atoms with Crippen LogP contribution in [0.15, 0.2) is 24.3 Å². The van der Waals surface area contributed by atoms with E-state index in [1.54, 1.807) is 0 Å². The van der Waals surface area contributed by atoms with Gasteiger partial charge in [0, 0.05) is 24.8 Å². The number of anilines is 1. The molecule has 0 atom stereocenters. The number of carbonyl (C=O) groups is 1. The fourth-order valence-corrected chi connectivity index (χ4v) is 2.74. The second kappa shape index (κ2) is 6.08. The summed E-state index contributed by atoms with van der Waals surface area (Å²) in [4.78, 5) is 15.1. The molecule has 114 valence electrons. The molecule has 1 aromatic rings. The summed E-state index contributed by atoms with van der Waals surface area (Å²) in [5, 5.41) is 3.40. The van der Waals surface area contributed by atoms with Crippen LogP contribution < -0.4 is 5.32 Å². The lowest BCUT2D eigenvalue weighted by Crippen LogP contribution is -2.35. The molecule has 0 heterocycles. The molecular weight excluding hydrogens is 260 g/mol. The molecule has 0 saturated heterocycles. The molecule has 0 aliphatic heterocycles. The van der Waals surface area contributed by atoms with Gasteiger partial charge in [-0.15, -0.1) is 0 Å². The molecule has 1 amide bonds. The van der Waals surface area contributed by atoms with E-state index in [-0.39, 0.29) is 5.91 Å². The molecule has 3 nitrogen and oxygen atoms in total. The van der Waals surface area contributed by atoms with Crippen LogP contribution >= 0.6 is 0 Å². The Morgan fingerprint density at radius 2 is 1.71 bits per heavy atom. The maximum Gasteiger partial charge on any atom is 0.255 e. The Morgan fingerprint density at radius 1 is 1.14 bits per heavy atom. The van der Waals surface area contributed by atoms with Crippen LogP contribution in [0.1, 0.15) is 49.9 Å². The van der Waals surface area contributed by atoms with Crippen molar-refractivity contribution in [3.8, 4) is 0 Å². The number of benzene rings is 1. The molecule has 0 bridgehead atoms. The van der Waals surface area contributed by atoms with Gasteiger partial charge < -0.3 is 10.2 Å². The Balaban J connectivity index is 1.76. The van der Waals surface area contributed by atoms with Gasteiger partial charge in [0.1, 0.15) is 0 Å². The van der Waals surface area contributed by atoms with Gasteiger partial charge in [-0.3, -0.25) is 4.79 Å². The molecule has 0 radical (unpaired) electrons. The molecule has 0 aromatic heterocycles. The second-order valence-electron chi connectivity index (χ2n) is 6.94. The van der Waals surface area contributed by atoms with Crippen molar-refractivity contribution >= 4 is 11.6 Å². The van der Waals surface area contributed by atoms with Crippen molar-refractivity contribution < 1.29 is 4.79 Å². The fourth-order valence-electron chi connectivity index (χ4n) is 2.74. The molecule has 2 saturated carbocycles. The van der Waals surface area contributed by atoms with Gasteiger partial charge in [-0.25, -0.2) is 0 Å². The normalized spacial score (nSPS) is 17.9. The Kier molecular flexibility index (Phi) is 4.18. The van der Waals surface area contributed by atoms with Crippen LogP contribution in [0.3, 0.4) is 0 Å². The molecule has 1 N–H and O–H groups in total. The zero-order chi connectivity index (χ0) is 14.8. The number of para-hydroxylation sites is 1. The summed E-state index contributed by atoms with van der Waals surface area (Å²) in [6.45, 7) is 6.11. The quantitative estimate of drug-likeness (QED) is 0.827. The van der Waals surface area contributed by atoms with E-state index in [0.29, 0.717) is 6.04 Å². The minimum atomic E-state index is 0.206. The van der Waals surface area contributed by atoms with Crippen molar-refractivity contribution in [2.45, 2.75) is 45.6 Å². The van der Waals surface area contributed by atoms with Gasteiger partial charge in [-0.05, 0) is 63.5 Å². The minimum Gasteiger partial charge on any atom is -0.382 e. The highest BCUT2D eigenvalue weighted by molar-refractivity contribution is 5.99. The van der Waals surface area contributed by atoms with Gasteiger partial charge in [0.2, 0.25) is 0 Å². The van der Waals surface area contributed by atoms with Gasteiger partial charge in [0.05, 0.1) is 5.56 Å². The lowest BCUT2D eigenvalue weighted by molar-refractivity contribution is 0.0740. The predicted octanol–water partition coefficient (Wildman–Crippen LogP) is 3.77. The monoisotopic (exact) mass is 286 g/mol. The first kappa shape index (κ1) is 14.4. The van der Waals surface area contributed by atoms with Crippen molar-refractivity contribution in [2.24, 2.45) is 11.8 Å². The number of carbonyl (C=O) groups excluding carboxylic acids is 1. The van der Waals surface area contributed by atoms with Crippen LogP contribution in [0.4, 0.5) is 5.69 Å². The Morgan fingerprint density at radius 3 is 2.24 bits per heavy atom. The third-order valence-electron chi connectivity index (χ3n) is 4.24. The van der Waals surface area contributed by atoms with E-state index in [2.05, 4.69) is 24.1 Å². The highest BCUT2D eigenvalue weighted by atomic mass is 16.2. The van der Waals surface area contributed by atoms with Gasteiger partial charge in [-0.1, -0.05) is 12.1 Å². The van der Waals surface area contributed by atoms with Crippen LogP contribution in [-0.4, -0.2) is 29.9 Å². The van der Waals surface area contributed by atoms with E-state index in [4.69, 9.17) is 0 Å². The molecule has 0 spiro atoms. The van der Waals surface area contributed by atoms with Crippen molar-refractivity contribution in [3.63, 3.8) is 0 Å². The standard InChI is InChI=1S/C18H26N2O/c1-13(2)19-17-6-4-3-5-16(17)18(21)20(11-14-7-8-14)12-15-9-10-15/h3-6,13-15,19H,7-12H2,1-2H3. The molecule has 21 heavy (non-hydrogen) atoms. The van der Waals surface area contributed by atoms with Crippen molar-refractivity contribution in [2.75, 3.05) is 18.4 Å². The largest absolute Gasteiger partial charge is 0.382 e. The molecular formula is C18H26N2O. The molecule has 2 fully saturated rings. The third kappa shape index (κ3) is 3.99. The number of hydrogen-bond acceptors (Lipinski definition) is 2. The topological polar surface area (TPSA) is 32.3 Å². The summed E-state index contributed by atoms with van der Waals surface area (Å²) < 4.78 is 0.